The van der Waals surface area contributed by atoms with Crippen molar-refractivity contribution in [3.63, 3.8) is 0 Å². The molecule has 0 aliphatic heterocycles. The lowest BCUT2D eigenvalue weighted by Gasteiger charge is -2.14. The van der Waals surface area contributed by atoms with E-state index in [4.69, 9.17) is 5.73 Å². The van der Waals surface area contributed by atoms with Gasteiger partial charge in [-0.25, -0.2) is 0 Å². The number of carbonyl (C=O) groups excluding carboxylic acids is 1. The third kappa shape index (κ3) is 3.30. The summed E-state index contributed by atoms with van der Waals surface area (Å²) < 4.78 is 1.75. The highest BCUT2D eigenvalue weighted by atomic mass is 16.2. The number of hydrogen-bond acceptors (Lipinski definition) is 3. The molecule has 1 unspecified atom stereocenters. The zero-order valence-electron chi connectivity index (χ0n) is 11.2. The Morgan fingerprint density at radius 3 is 2.47 bits per heavy atom. The molecule has 0 saturated carbocycles. The van der Waals surface area contributed by atoms with Crippen LogP contribution in [0.2, 0.25) is 0 Å². The van der Waals surface area contributed by atoms with Crippen LogP contribution in [0, 0.1) is 19.8 Å². The van der Waals surface area contributed by atoms with Gasteiger partial charge >= 0.3 is 0 Å². The number of rotatable bonds is 4. The standard InChI is InChI=1S/C12H22N4O/c1-7(2)6-10(13)12(17)14-11-8(3)15-16(5)9(11)4/h7,10H,6,13H2,1-5H3,(H,14,17). The Labute approximate surface area is 102 Å². The number of aromatic nitrogens is 2. The highest BCUT2D eigenvalue weighted by Gasteiger charge is 2.18. The van der Waals surface area contributed by atoms with Crippen LogP contribution in [0.4, 0.5) is 5.69 Å². The molecule has 1 heterocycles. The van der Waals surface area contributed by atoms with Crippen molar-refractivity contribution in [2.24, 2.45) is 18.7 Å². The smallest absolute Gasteiger partial charge is 0.241 e. The van der Waals surface area contributed by atoms with Crippen molar-refractivity contribution in [2.45, 2.75) is 40.2 Å². The molecule has 3 N–H and O–H groups in total. The molecule has 0 aliphatic rings. The van der Waals surface area contributed by atoms with Gasteiger partial charge in [-0.15, -0.1) is 0 Å². The minimum Gasteiger partial charge on any atom is -0.322 e. The van der Waals surface area contributed by atoms with Crippen molar-refractivity contribution in [1.82, 2.24) is 9.78 Å². The molecular formula is C12H22N4O. The summed E-state index contributed by atoms with van der Waals surface area (Å²) in [6.45, 7) is 7.89. The first kappa shape index (κ1) is 13.7. The fourth-order valence-electron chi connectivity index (χ4n) is 1.79. The molecule has 0 spiro atoms. The average molecular weight is 238 g/mol. The predicted octanol–water partition coefficient (Wildman–Crippen LogP) is 1.35. The van der Waals surface area contributed by atoms with Gasteiger partial charge in [0.1, 0.15) is 0 Å². The van der Waals surface area contributed by atoms with Gasteiger partial charge in [-0.05, 0) is 26.2 Å². The summed E-state index contributed by atoms with van der Waals surface area (Å²) in [5, 5.41) is 7.10. The Balaban J connectivity index is 2.74. The molecule has 1 rings (SSSR count). The Kier molecular flexibility index (Phi) is 4.28. The highest BCUT2D eigenvalue weighted by Crippen LogP contribution is 2.18. The topological polar surface area (TPSA) is 72.9 Å². The number of nitrogens with zero attached hydrogens (tertiary/aromatic N) is 2. The molecule has 0 fully saturated rings. The van der Waals surface area contributed by atoms with Crippen LogP contribution in [0.1, 0.15) is 31.7 Å². The molecule has 1 aromatic rings. The van der Waals surface area contributed by atoms with Gasteiger partial charge in [-0.1, -0.05) is 13.8 Å². The molecule has 96 valence electrons. The number of anilines is 1. The normalized spacial score (nSPS) is 12.9. The van der Waals surface area contributed by atoms with Gasteiger partial charge in [0.25, 0.3) is 0 Å². The fourth-order valence-corrected chi connectivity index (χ4v) is 1.79. The second-order valence-corrected chi connectivity index (χ2v) is 4.89. The Hall–Kier alpha value is -1.36. The van der Waals surface area contributed by atoms with E-state index in [-0.39, 0.29) is 5.91 Å². The largest absolute Gasteiger partial charge is 0.322 e. The molecule has 1 aromatic heterocycles. The van der Waals surface area contributed by atoms with E-state index >= 15 is 0 Å². The van der Waals surface area contributed by atoms with Crippen LogP contribution in [-0.4, -0.2) is 21.7 Å². The monoisotopic (exact) mass is 238 g/mol. The highest BCUT2D eigenvalue weighted by molar-refractivity contribution is 5.95. The predicted molar refractivity (Wildman–Crippen MR) is 68.7 cm³/mol. The number of amides is 1. The van der Waals surface area contributed by atoms with Gasteiger partial charge < -0.3 is 11.1 Å². The summed E-state index contributed by atoms with van der Waals surface area (Å²) in [5.74, 6) is 0.268. The Bertz CT molecular complexity index is 409. The second-order valence-electron chi connectivity index (χ2n) is 4.89. The lowest BCUT2D eigenvalue weighted by atomic mass is 10.0. The molecular weight excluding hydrogens is 216 g/mol. The van der Waals surface area contributed by atoms with E-state index in [1.54, 1.807) is 4.68 Å². The maximum Gasteiger partial charge on any atom is 0.241 e. The van der Waals surface area contributed by atoms with Crippen LogP contribution < -0.4 is 11.1 Å². The Morgan fingerprint density at radius 1 is 1.47 bits per heavy atom. The van der Waals surface area contributed by atoms with Gasteiger partial charge in [-0.2, -0.15) is 5.10 Å². The number of hydrogen-bond donors (Lipinski definition) is 2. The minimum absolute atomic E-state index is 0.141. The van der Waals surface area contributed by atoms with Crippen molar-refractivity contribution in [3.05, 3.63) is 11.4 Å². The number of nitrogens with one attached hydrogen (secondary N) is 1. The molecule has 0 radical (unpaired) electrons. The van der Waals surface area contributed by atoms with E-state index in [0.29, 0.717) is 12.3 Å². The van der Waals surface area contributed by atoms with E-state index in [0.717, 1.165) is 17.1 Å². The van der Waals surface area contributed by atoms with Crippen LogP contribution in [0.25, 0.3) is 0 Å². The molecule has 0 aromatic carbocycles. The number of carbonyl (C=O) groups is 1. The summed E-state index contributed by atoms with van der Waals surface area (Å²) in [6.07, 6.45) is 0.685. The van der Waals surface area contributed by atoms with E-state index in [9.17, 15) is 4.79 Å². The minimum atomic E-state index is -0.464. The molecule has 5 nitrogen and oxygen atoms in total. The van der Waals surface area contributed by atoms with E-state index in [2.05, 4.69) is 10.4 Å². The zero-order valence-corrected chi connectivity index (χ0v) is 11.2. The van der Waals surface area contributed by atoms with Crippen molar-refractivity contribution in [2.75, 3.05) is 5.32 Å². The van der Waals surface area contributed by atoms with Gasteiger partial charge in [0.15, 0.2) is 0 Å². The molecule has 1 atom stereocenters. The first-order chi connectivity index (χ1) is 7.82. The summed E-state index contributed by atoms with van der Waals surface area (Å²) in [4.78, 5) is 11.9. The molecule has 0 bridgehead atoms. The van der Waals surface area contributed by atoms with Crippen molar-refractivity contribution in [3.8, 4) is 0 Å². The first-order valence-electron chi connectivity index (χ1n) is 5.89. The third-order valence-corrected chi connectivity index (χ3v) is 2.82. The lowest BCUT2D eigenvalue weighted by molar-refractivity contribution is -0.117. The van der Waals surface area contributed by atoms with Gasteiger partial charge in [0.05, 0.1) is 23.1 Å². The quantitative estimate of drug-likeness (QED) is 0.831. The maximum atomic E-state index is 11.9. The number of nitrogens with two attached hydrogens (primary N) is 1. The van der Waals surface area contributed by atoms with Gasteiger partial charge in [0.2, 0.25) is 5.91 Å². The third-order valence-electron chi connectivity index (χ3n) is 2.82. The van der Waals surface area contributed by atoms with E-state index < -0.39 is 6.04 Å². The van der Waals surface area contributed by atoms with Crippen LogP contribution in [0.15, 0.2) is 0 Å². The summed E-state index contributed by atoms with van der Waals surface area (Å²) in [6, 6.07) is -0.464. The average Bonchev–Trinajstić information content (AvgIpc) is 2.44. The fraction of sp³-hybridized carbons (Fsp3) is 0.667. The van der Waals surface area contributed by atoms with Crippen LogP contribution in [-0.2, 0) is 11.8 Å². The maximum absolute atomic E-state index is 11.9. The molecule has 0 aliphatic carbocycles. The van der Waals surface area contributed by atoms with Crippen molar-refractivity contribution in [1.29, 1.82) is 0 Å². The van der Waals surface area contributed by atoms with E-state index in [1.165, 1.54) is 0 Å². The van der Waals surface area contributed by atoms with Crippen LogP contribution >= 0.6 is 0 Å². The van der Waals surface area contributed by atoms with Crippen LogP contribution in [0.5, 0.6) is 0 Å². The molecule has 5 heteroatoms. The first-order valence-corrected chi connectivity index (χ1v) is 5.89. The van der Waals surface area contributed by atoms with Crippen LogP contribution in [0.3, 0.4) is 0 Å². The van der Waals surface area contributed by atoms with Crippen molar-refractivity contribution < 1.29 is 4.79 Å². The van der Waals surface area contributed by atoms with E-state index in [1.807, 2.05) is 34.7 Å². The van der Waals surface area contributed by atoms with Gasteiger partial charge in [0, 0.05) is 7.05 Å². The SMILES string of the molecule is Cc1nn(C)c(C)c1NC(=O)C(N)CC(C)C. The Morgan fingerprint density at radius 2 is 2.06 bits per heavy atom. The number of aryl methyl sites for hydroxylation is 2. The lowest BCUT2D eigenvalue weighted by Crippen LogP contribution is -2.36. The molecule has 0 saturated heterocycles. The van der Waals surface area contributed by atoms with Crippen molar-refractivity contribution >= 4 is 11.6 Å². The molecule has 1 amide bonds. The zero-order chi connectivity index (χ0) is 13.2. The van der Waals surface area contributed by atoms with Gasteiger partial charge in [-0.3, -0.25) is 9.48 Å². The summed E-state index contributed by atoms with van der Waals surface area (Å²) in [7, 11) is 1.85. The summed E-state index contributed by atoms with van der Waals surface area (Å²) in [5.41, 5.74) is 8.36. The molecule has 17 heavy (non-hydrogen) atoms. The second kappa shape index (κ2) is 5.31. The summed E-state index contributed by atoms with van der Waals surface area (Å²) >= 11 is 0.